The predicted molar refractivity (Wildman–Crippen MR) is 98.0 cm³/mol. The van der Waals surface area contributed by atoms with Crippen LogP contribution in [0.5, 0.6) is 0 Å². The Morgan fingerprint density at radius 3 is 2.20 bits per heavy atom. The van der Waals surface area contributed by atoms with Crippen molar-refractivity contribution < 1.29 is 9.59 Å². The van der Waals surface area contributed by atoms with Crippen molar-refractivity contribution in [3.8, 4) is 0 Å². The lowest BCUT2D eigenvalue weighted by Gasteiger charge is -2.16. The van der Waals surface area contributed by atoms with Gasteiger partial charge < -0.3 is 10.2 Å². The van der Waals surface area contributed by atoms with Crippen molar-refractivity contribution in [2.45, 2.75) is 19.3 Å². The van der Waals surface area contributed by atoms with E-state index in [1.165, 1.54) is 11.1 Å². The van der Waals surface area contributed by atoms with Crippen LogP contribution in [0.4, 0.5) is 0 Å². The molecule has 2 amide bonds. The SMILES string of the molecule is O=C(NCCc1ccccc1)[C@@H]1CC(=O)N(CCc2ccccc2)C1. The zero-order chi connectivity index (χ0) is 17.5. The molecule has 2 aromatic rings. The van der Waals surface area contributed by atoms with Crippen LogP contribution < -0.4 is 5.32 Å². The second kappa shape index (κ2) is 8.47. The van der Waals surface area contributed by atoms with Gasteiger partial charge in [0.2, 0.25) is 11.8 Å². The number of carbonyl (C=O) groups excluding carboxylic acids is 2. The first-order chi connectivity index (χ1) is 12.2. The minimum Gasteiger partial charge on any atom is -0.355 e. The molecule has 1 atom stereocenters. The second-order valence-electron chi connectivity index (χ2n) is 6.50. The summed E-state index contributed by atoms with van der Waals surface area (Å²) in [5.41, 5.74) is 2.42. The fourth-order valence-electron chi connectivity index (χ4n) is 3.19. The molecule has 0 unspecified atom stereocenters. The third-order valence-electron chi connectivity index (χ3n) is 4.65. The summed E-state index contributed by atoms with van der Waals surface area (Å²) in [6, 6.07) is 20.2. The molecule has 3 rings (SSSR count). The van der Waals surface area contributed by atoms with Crippen molar-refractivity contribution in [1.82, 2.24) is 10.2 Å². The Kier molecular flexibility index (Phi) is 5.83. The molecule has 1 N–H and O–H groups in total. The van der Waals surface area contributed by atoms with Crippen molar-refractivity contribution in [2.75, 3.05) is 19.6 Å². The van der Waals surface area contributed by atoms with Gasteiger partial charge in [0.25, 0.3) is 0 Å². The molecular weight excluding hydrogens is 312 g/mol. The van der Waals surface area contributed by atoms with Crippen molar-refractivity contribution in [2.24, 2.45) is 5.92 Å². The number of benzene rings is 2. The first-order valence-electron chi connectivity index (χ1n) is 8.86. The van der Waals surface area contributed by atoms with Crippen LogP contribution in [-0.2, 0) is 22.4 Å². The van der Waals surface area contributed by atoms with Crippen molar-refractivity contribution in [3.63, 3.8) is 0 Å². The summed E-state index contributed by atoms with van der Waals surface area (Å²) < 4.78 is 0. The Hall–Kier alpha value is -2.62. The molecule has 0 bridgehead atoms. The molecule has 1 aliphatic heterocycles. The van der Waals surface area contributed by atoms with Crippen LogP contribution in [0.25, 0.3) is 0 Å². The number of nitrogens with zero attached hydrogens (tertiary/aromatic N) is 1. The number of hydrogen-bond acceptors (Lipinski definition) is 2. The van der Waals surface area contributed by atoms with Crippen LogP contribution in [0.2, 0.25) is 0 Å². The lowest BCUT2D eigenvalue weighted by Crippen LogP contribution is -2.34. The highest BCUT2D eigenvalue weighted by Gasteiger charge is 2.33. The molecule has 0 radical (unpaired) electrons. The zero-order valence-corrected chi connectivity index (χ0v) is 14.4. The van der Waals surface area contributed by atoms with Crippen LogP contribution in [0.3, 0.4) is 0 Å². The van der Waals surface area contributed by atoms with Crippen molar-refractivity contribution >= 4 is 11.8 Å². The van der Waals surface area contributed by atoms with Gasteiger partial charge in [0.05, 0.1) is 5.92 Å². The topological polar surface area (TPSA) is 49.4 Å². The second-order valence-corrected chi connectivity index (χ2v) is 6.50. The Bertz CT molecular complexity index is 700. The van der Waals surface area contributed by atoms with E-state index in [0.717, 1.165) is 12.8 Å². The highest BCUT2D eigenvalue weighted by atomic mass is 16.2. The van der Waals surface area contributed by atoms with Crippen LogP contribution in [0.1, 0.15) is 17.5 Å². The fraction of sp³-hybridized carbons (Fsp3) is 0.333. The Labute approximate surface area is 148 Å². The van der Waals surface area contributed by atoms with Crippen LogP contribution in [0, 0.1) is 5.92 Å². The molecule has 0 spiro atoms. The maximum Gasteiger partial charge on any atom is 0.225 e. The average molecular weight is 336 g/mol. The summed E-state index contributed by atoms with van der Waals surface area (Å²) in [4.78, 5) is 26.3. The predicted octanol–water partition coefficient (Wildman–Crippen LogP) is 2.44. The maximum absolute atomic E-state index is 12.3. The van der Waals surface area contributed by atoms with Gasteiger partial charge in [0, 0.05) is 26.1 Å². The molecule has 0 aromatic heterocycles. The van der Waals surface area contributed by atoms with Crippen LogP contribution in [-0.4, -0.2) is 36.3 Å². The summed E-state index contributed by atoms with van der Waals surface area (Å²) in [6.45, 7) is 1.82. The number of nitrogens with one attached hydrogen (secondary N) is 1. The lowest BCUT2D eigenvalue weighted by atomic mass is 10.1. The van der Waals surface area contributed by atoms with Gasteiger partial charge in [-0.3, -0.25) is 9.59 Å². The van der Waals surface area contributed by atoms with Gasteiger partial charge in [0.15, 0.2) is 0 Å². The average Bonchev–Trinajstić information content (AvgIpc) is 3.02. The number of likely N-dealkylation sites (tertiary alicyclic amines) is 1. The molecule has 25 heavy (non-hydrogen) atoms. The summed E-state index contributed by atoms with van der Waals surface area (Å²) in [7, 11) is 0. The van der Waals surface area contributed by atoms with E-state index >= 15 is 0 Å². The van der Waals surface area contributed by atoms with Gasteiger partial charge in [0.1, 0.15) is 0 Å². The third kappa shape index (κ3) is 4.92. The molecule has 0 saturated carbocycles. The third-order valence-corrected chi connectivity index (χ3v) is 4.65. The quantitative estimate of drug-likeness (QED) is 0.844. The molecule has 1 fully saturated rings. The normalized spacial score (nSPS) is 16.9. The van der Waals surface area contributed by atoms with Gasteiger partial charge in [-0.05, 0) is 24.0 Å². The van der Waals surface area contributed by atoms with E-state index in [9.17, 15) is 9.59 Å². The highest BCUT2D eigenvalue weighted by molar-refractivity contribution is 5.89. The van der Waals surface area contributed by atoms with Crippen LogP contribution >= 0.6 is 0 Å². The van der Waals surface area contributed by atoms with Crippen molar-refractivity contribution in [3.05, 3.63) is 71.8 Å². The molecule has 1 saturated heterocycles. The van der Waals surface area contributed by atoms with Crippen LogP contribution in [0.15, 0.2) is 60.7 Å². The monoisotopic (exact) mass is 336 g/mol. The van der Waals surface area contributed by atoms with E-state index < -0.39 is 0 Å². The summed E-state index contributed by atoms with van der Waals surface area (Å²) in [5.74, 6) is -0.148. The minimum atomic E-state index is -0.223. The Morgan fingerprint density at radius 1 is 0.960 bits per heavy atom. The van der Waals surface area contributed by atoms with E-state index in [2.05, 4.69) is 29.6 Å². The molecular formula is C21H24N2O2. The fourth-order valence-corrected chi connectivity index (χ4v) is 3.19. The molecule has 1 heterocycles. The Balaban J connectivity index is 1.42. The number of hydrogen-bond donors (Lipinski definition) is 1. The molecule has 0 aliphatic carbocycles. The summed E-state index contributed by atoms with van der Waals surface area (Å²) in [6.07, 6.45) is 1.96. The van der Waals surface area contributed by atoms with Gasteiger partial charge in [-0.25, -0.2) is 0 Å². The number of carbonyl (C=O) groups is 2. The summed E-state index contributed by atoms with van der Waals surface area (Å²) in [5, 5.41) is 2.97. The molecule has 1 aliphatic rings. The van der Waals surface area contributed by atoms with Gasteiger partial charge >= 0.3 is 0 Å². The van der Waals surface area contributed by atoms with Crippen molar-refractivity contribution in [1.29, 1.82) is 0 Å². The molecule has 4 nitrogen and oxygen atoms in total. The van der Waals surface area contributed by atoms with E-state index in [1.54, 1.807) is 0 Å². The highest BCUT2D eigenvalue weighted by Crippen LogP contribution is 2.18. The standard InChI is InChI=1S/C21H24N2O2/c24-20-15-19(16-23(20)14-12-18-9-5-2-6-10-18)21(25)22-13-11-17-7-3-1-4-8-17/h1-10,19H,11-16H2,(H,22,25)/t19-/m1/s1. The number of rotatable bonds is 7. The molecule has 130 valence electrons. The van der Waals surface area contributed by atoms with E-state index in [0.29, 0.717) is 26.1 Å². The van der Waals surface area contributed by atoms with Gasteiger partial charge in [-0.1, -0.05) is 60.7 Å². The first kappa shape index (κ1) is 17.2. The van der Waals surface area contributed by atoms with Gasteiger partial charge in [-0.2, -0.15) is 0 Å². The molecule has 2 aromatic carbocycles. The minimum absolute atomic E-state index is 0.00788. The Morgan fingerprint density at radius 2 is 1.56 bits per heavy atom. The van der Waals surface area contributed by atoms with E-state index in [-0.39, 0.29) is 17.7 Å². The lowest BCUT2D eigenvalue weighted by molar-refractivity contribution is -0.129. The van der Waals surface area contributed by atoms with E-state index in [4.69, 9.17) is 0 Å². The number of amides is 2. The maximum atomic E-state index is 12.3. The largest absolute Gasteiger partial charge is 0.355 e. The van der Waals surface area contributed by atoms with Gasteiger partial charge in [-0.15, -0.1) is 0 Å². The first-order valence-corrected chi connectivity index (χ1v) is 8.86. The smallest absolute Gasteiger partial charge is 0.225 e. The molecule has 4 heteroatoms. The summed E-state index contributed by atoms with van der Waals surface area (Å²) >= 11 is 0. The van der Waals surface area contributed by atoms with E-state index in [1.807, 2.05) is 41.3 Å². The zero-order valence-electron chi connectivity index (χ0n) is 14.4.